The van der Waals surface area contributed by atoms with Gasteiger partial charge in [-0.15, -0.1) is 0 Å². The minimum atomic E-state index is -3.60. The summed E-state index contributed by atoms with van der Waals surface area (Å²) in [5.74, 6) is 0.231. The molecule has 0 radical (unpaired) electrons. The van der Waals surface area contributed by atoms with Crippen molar-refractivity contribution in [3.8, 4) is 11.3 Å². The number of carbonyl (C=O) groups is 1. The van der Waals surface area contributed by atoms with E-state index in [4.69, 9.17) is 9.15 Å². The van der Waals surface area contributed by atoms with Crippen LogP contribution in [0.3, 0.4) is 0 Å². The molecule has 1 fully saturated rings. The molecule has 3 rings (SSSR count). The highest BCUT2D eigenvalue weighted by molar-refractivity contribution is 7.89. The zero-order valence-corrected chi connectivity index (χ0v) is 14.7. The number of rotatable bonds is 5. The molecule has 1 aromatic heterocycles. The van der Waals surface area contributed by atoms with Gasteiger partial charge in [0.05, 0.1) is 24.1 Å². The van der Waals surface area contributed by atoms with E-state index < -0.39 is 10.0 Å². The van der Waals surface area contributed by atoms with E-state index in [9.17, 15) is 13.2 Å². The van der Waals surface area contributed by atoms with Gasteiger partial charge in [0.1, 0.15) is 0 Å². The Morgan fingerprint density at radius 2 is 1.88 bits per heavy atom. The van der Waals surface area contributed by atoms with Crippen LogP contribution in [-0.4, -0.2) is 32.5 Å². The number of ether oxygens (including phenoxy) is 1. The van der Waals surface area contributed by atoms with Crippen LogP contribution < -0.4 is 4.72 Å². The summed E-state index contributed by atoms with van der Waals surface area (Å²) in [5.41, 5.74) is 0.759. The Balaban J connectivity index is 1.63. The zero-order valence-electron chi connectivity index (χ0n) is 13.8. The van der Waals surface area contributed by atoms with Crippen molar-refractivity contribution in [2.75, 3.05) is 7.11 Å². The van der Waals surface area contributed by atoms with Gasteiger partial charge in [-0.3, -0.25) is 4.79 Å². The van der Waals surface area contributed by atoms with Gasteiger partial charge in [0.2, 0.25) is 10.0 Å². The van der Waals surface area contributed by atoms with E-state index in [0.29, 0.717) is 31.4 Å². The van der Waals surface area contributed by atoms with Crippen LogP contribution in [0.2, 0.25) is 0 Å². The molecule has 1 N–H and O–H groups in total. The molecule has 1 heterocycles. The first-order chi connectivity index (χ1) is 12.0. The van der Waals surface area contributed by atoms with Gasteiger partial charge in [-0.2, -0.15) is 0 Å². The van der Waals surface area contributed by atoms with Crippen LogP contribution in [0.25, 0.3) is 11.3 Å². The van der Waals surface area contributed by atoms with E-state index in [0.717, 1.165) is 5.56 Å². The Morgan fingerprint density at radius 1 is 1.20 bits per heavy atom. The summed E-state index contributed by atoms with van der Waals surface area (Å²) in [6.45, 7) is 0. The number of esters is 1. The second-order valence-corrected chi connectivity index (χ2v) is 7.80. The van der Waals surface area contributed by atoms with Crippen molar-refractivity contribution < 1.29 is 22.4 Å². The zero-order chi connectivity index (χ0) is 17.9. The minimum Gasteiger partial charge on any atom is -0.469 e. The Hall–Kier alpha value is -2.19. The molecule has 1 aromatic carbocycles. The molecule has 1 aliphatic rings. The van der Waals surface area contributed by atoms with Gasteiger partial charge in [0.15, 0.2) is 12.2 Å². The Bertz CT molecular complexity index is 807. The molecule has 0 saturated heterocycles. The van der Waals surface area contributed by atoms with Crippen LogP contribution >= 0.6 is 0 Å². The van der Waals surface area contributed by atoms with Gasteiger partial charge in [-0.1, -0.05) is 0 Å². The largest absolute Gasteiger partial charge is 0.469 e. The molecule has 0 unspecified atom stereocenters. The van der Waals surface area contributed by atoms with Gasteiger partial charge in [-0.25, -0.2) is 18.1 Å². The smallest absolute Gasteiger partial charge is 0.308 e. The number of oxazole rings is 1. The Labute approximate surface area is 146 Å². The SMILES string of the molecule is COC(=O)[C@H]1CC[C@H](NS(=O)(=O)c2ccc(-c3cnco3)cc2)CC1. The number of hydrogen-bond donors (Lipinski definition) is 1. The van der Waals surface area contributed by atoms with Crippen LogP contribution in [0, 0.1) is 5.92 Å². The summed E-state index contributed by atoms with van der Waals surface area (Å²) >= 11 is 0. The lowest BCUT2D eigenvalue weighted by Crippen LogP contribution is -2.38. The molecular formula is C17H20N2O5S. The molecule has 2 aromatic rings. The maximum atomic E-state index is 12.5. The normalized spacial score (nSPS) is 21.0. The lowest BCUT2D eigenvalue weighted by atomic mass is 9.86. The van der Waals surface area contributed by atoms with Crippen molar-refractivity contribution in [1.29, 1.82) is 0 Å². The second-order valence-electron chi connectivity index (χ2n) is 6.08. The fraction of sp³-hybridized carbons (Fsp3) is 0.412. The van der Waals surface area contributed by atoms with Gasteiger partial charge < -0.3 is 9.15 Å². The van der Waals surface area contributed by atoms with Crippen LogP contribution in [0.5, 0.6) is 0 Å². The van der Waals surface area contributed by atoms with E-state index in [2.05, 4.69) is 9.71 Å². The van der Waals surface area contributed by atoms with Crippen LogP contribution in [0.4, 0.5) is 0 Å². The molecule has 0 atom stereocenters. The summed E-state index contributed by atoms with van der Waals surface area (Å²) in [7, 11) is -2.23. The number of carbonyl (C=O) groups excluding carboxylic acids is 1. The standard InChI is InChI=1S/C17H20N2O5S/c1-23-17(20)13-2-6-14(7-3-13)19-25(21,22)15-8-4-12(5-9-15)16-10-18-11-24-16/h4-5,8-11,13-14,19H,2-3,6-7H2,1H3/t13-,14-. The number of aromatic nitrogens is 1. The first-order valence-corrected chi connectivity index (χ1v) is 9.57. The van der Waals surface area contributed by atoms with E-state index >= 15 is 0 Å². The van der Waals surface area contributed by atoms with E-state index in [1.54, 1.807) is 30.5 Å². The molecule has 0 spiro atoms. The van der Waals surface area contributed by atoms with Crippen LogP contribution in [-0.2, 0) is 19.6 Å². The van der Waals surface area contributed by atoms with Crippen LogP contribution in [0.1, 0.15) is 25.7 Å². The summed E-state index contributed by atoms with van der Waals surface area (Å²) in [6, 6.07) is 6.28. The molecule has 7 nitrogen and oxygen atoms in total. The van der Waals surface area contributed by atoms with E-state index in [1.165, 1.54) is 13.5 Å². The fourth-order valence-corrected chi connectivity index (χ4v) is 4.36. The third-order valence-corrected chi connectivity index (χ3v) is 6.00. The van der Waals surface area contributed by atoms with Crippen molar-refractivity contribution in [2.24, 2.45) is 5.92 Å². The van der Waals surface area contributed by atoms with Gasteiger partial charge >= 0.3 is 5.97 Å². The first-order valence-electron chi connectivity index (χ1n) is 8.08. The number of benzene rings is 1. The van der Waals surface area contributed by atoms with Crippen molar-refractivity contribution in [3.63, 3.8) is 0 Å². The highest BCUT2D eigenvalue weighted by Crippen LogP contribution is 2.27. The average molecular weight is 364 g/mol. The fourth-order valence-electron chi connectivity index (χ4n) is 3.06. The summed E-state index contributed by atoms with van der Waals surface area (Å²) in [6.07, 6.45) is 5.40. The predicted octanol–water partition coefficient (Wildman–Crippen LogP) is 2.35. The third-order valence-electron chi connectivity index (χ3n) is 4.46. The Kier molecular flexibility index (Phi) is 5.19. The lowest BCUT2D eigenvalue weighted by Gasteiger charge is -2.27. The topological polar surface area (TPSA) is 98.5 Å². The second kappa shape index (κ2) is 7.37. The molecule has 25 heavy (non-hydrogen) atoms. The number of nitrogens with zero attached hydrogens (tertiary/aromatic N) is 1. The number of methoxy groups -OCH3 is 1. The van der Waals surface area contributed by atoms with E-state index in [-0.39, 0.29) is 22.8 Å². The predicted molar refractivity (Wildman–Crippen MR) is 90.0 cm³/mol. The molecule has 0 aliphatic heterocycles. The quantitative estimate of drug-likeness (QED) is 0.818. The first kappa shape index (κ1) is 17.6. The van der Waals surface area contributed by atoms with Crippen molar-refractivity contribution in [2.45, 2.75) is 36.6 Å². The lowest BCUT2D eigenvalue weighted by molar-refractivity contribution is -0.146. The summed E-state index contributed by atoms with van der Waals surface area (Å²) in [5, 5.41) is 0. The molecule has 1 saturated carbocycles. The summed E-state index contributed by atoms with van der Waals surface area (Å²) < 4.78 is 37.7. The summed E-state index contributed by atoms with van der Waals surface area (Å²) in [4.78, 5) is 15.6. The minimum absolute atomic E-state index is 0.132. The van der Waals surface area contributed by atoms with Gasteiger partial charge in [0.25, 0.3) is 0 Å². The molecule has 0 amide bonds. The van der Waals surface area contributed by atoms with Crippen molar-refractivity contribution >= 4 is 16.0 Å². The number of nitrogens with one attached hydrogen (secondary N) is 1. The van der Waals surface area contributed by atoms with Gasteiger partial charge in [0, 0.05) is 11.6 Å². The number of sulfonamides is 1. The third kappa shape index (κ3) is 4.08. The number of hydrogen-bond acceptors (Lipinski definition) is 6. The molecule has 134 valence electrons. The maximum Gasteiger partial charge on any atom is 0.308 e. The molecule has 8 heteroatoms. The highest BCUT2D eigenvalue weighted by Gasteiger charge is 2.29. The molecular weight excluding hydrogens is 344 g/mol. The average Bonchev–Trinajstić information content (AvgIpc) is 3.16. The Morgan fingerprint density at radius 3 is 2.44 bits per heavy atom. The highest BCUT2D eigenvalue weighted by atomic mass is 32.2. The monoisotopic (exact) mass is 364 g/mol. The van der Waals surface area contributed by atoms with E-state index in [1.807, 2.05) is 0 Å². The molecule has 1 aliphatic carbocycles. The van der Waals surface area contributed by atoms with Crippen LogP contribution in [0.15, 0.2) is 46.2 Å². The van der Waals surface area contributed by atoms with Gasteiger partial charge in [-0.05, 0) is 49.9 Å². The van der Waals surface area contributed by atoms with Crippen molar-refractivity contribution in [1.82, 2.24) is 9.71 Å². The maximum absolute atomic E-state index is 12.5. The van der Waals surface area contributed by atoms with Crippen molar-refractivity contribution in [3.05, 3.63) is 36.9 Å². The molecule has 0 bridgehead atoms.